The van der Waals surface area contributed by atoms with Crippen LogP contribution in [0.25, 0.3) is 0 Å². The summed E-state index contributed by atoms with van der Waals surface area (Å²) in [6.45, 7) is 5.65. The Hall–Kier alpha value is -0.130. The van der Waals surface area contributed by atoms with Crippen LogP contribution < -0.4 is 0 Å². The van der Waals surface area contributed by atoms with Gasteiger partial charge in [-0.1, -0.05) is 6.92 Å². The van der Waals surface area contributed by atoms with Crippen molar-refractivity contribution < 1.29 is 8.42 Å². The minimum Gasteiger partial charge on any atom is -0.302 e. The predicted molar refractivity (Wildman–Crippen MR) is 62.4 cm³/mol. The number of hydrogen-bond acceptors (Lipinski definition) is 3. The van der Waals surface area contributed by atoms with Crippen LogP contribution in [0.15, 0.2) is 0 Å². The van der Waals surface area contributed by atoms with Crippen LogP contribution in [-0.4, -0.2) is 56.6 Å². The highest BCUT2D eigenvalue weighted by molar-refractivity contribution is 7.89. The average Bonchev–Trinajstić information content (AvgIpc) is 2.66. The Morgan fingerprint density at radius 2 is 1.87 bits per heavy atom. The molecule has 0 atom stereocenters. The average molecular weight is 234 g/mol. The summed E-state index contributed by atoms with van der Waals surface area (Å²) in [4.78, 5) is 2.33. The van der Waals surface area contributed by atoms with E-state index in [1.807, 2.05) is 6.92 Å². The van der Waals surface area contributed by atoms with Gasteiger partial charge in [0.25, 0.3) is 0 Å². The van der Waals surface area contributed by atoms with Gasteiger partial charge in [-0.3, -0.25) is 0 Å². The Balaban J connectivity index is 2.31. The fourth-order valence-electron chi connectivity index (χ4n) is 1.84. The van der Waals surface area contributed by atoms with Gasteiger partial charge in [-0.05, 0) is 32.4 Å². The molecule has 15 heavy (non-hydrogen) atoms. The quantitative estimate of drug-likeness (QED) is 0.681. The maximum Gasteiger partial charge on any atom is 0.213 e. The zero-order valence-corrected chi connectivity index (χ0v) is 10.6. The van der Waals surface area contributed by atoms with E-state index in [1.165, 1.54) is 17.1 Å². The monoisotopic (exact) mass is 234 g/mol. The van der Waals surface area contributed by atoms with Crippen LogP contribution in [0.2, 0.25) is 0 Å². The number of nitrogens with zero attached hydrogens (tertiary/aromatic N) is 2. The van der Waals surface area contributed by atoms with Gasteiger partial charge in [0, 0.05) is 20.1 Å². The molecule has 0 aromatic rings. The molecule has 1 rings (SSSR count). The molecule has 0 unspecified atom stereocenters. The molecular weight excluding hydrogens is 212 g/mol. The molecular formula is C10H22N2O2S. The number of rotatable bonds is 6. The van der Waals surface area contributed by atoms with Crippen molar-refractivity contribution in [2.75, 3.05) is 39.0 Å². The lowest BCUT2D eigenvalue weighted by molar-refractivity contribution is 0.310. The van der Waals surface area contributed by atoms with Crippen molar-refractivity contribution in [3.05, 3.63) is 0 Å². The fourth-order valence-corrected chi connectivity index (χ4v) is 3.03. The largest absolute Gasteiger partial charge is 0.302 e. The van der Waals surface area contributed by atoms with E-state index in [4.69, 9.17) is 0 Å². The first-order chi connectivity index (χ1) is 7.06. The molecule has 1 saturated heterocycles. The molecule has 0 saturated carbocycles. The first-order valence-electron chi connectivity index (χ1n) is 5.72. The third kappa shape index (κ3) is 4.09. The van der Waals surface area contributed by atoms with E-state index in [0.717, 1.165) is 19.6 Å². The van der Waals surface area contributed by atoms with Crippen molar-refractivity contribution in [3.8, 4) is 0 Å². The van der Waals surface area contributed by atoms with E-state index >= 15 is 0 Å². The van der Waals surface area contributed by atoms with Gasteiger partial charge in [0.15, 0.2) is 0 Å². The van der Waals surface area contributed by atoms with Crippen LogP contribution in [0.1, 0.15) is 26.2 Å². The number of sulfonamides is 1. The molecule has 0 N–H and O–H groups in total. The van der Waals surface area contributed by atoms with Gasteiger partial charge >= 0.3 is 0 Å². The van der Waals surface area contributed by atoms with Crippen LogP contribution >= 0.6 is 0 Å². The Morgan fingerprint density at radius 1 is 1.27 bits per heavy atom. The topological polar surface area (TPSA) is 40.6 Å². The van der Waals surface area contributed by atoms with E-state index in [-0.39, 0.29) is 5.75 Å². The molecule has 0 aromatic carbocycles. The Bertz CT molecular complexity index is 271. The minimum atomic E-state index is -3.00. The number of likely N-dealkylation sites (N-methyl/N-ethyl adjacent to an activating group) is 1. The second kappa shape index (κ2) is 5.82. The van der Waals surface area contributed by atoms with Crippen molar-refractivity contribution in [2.24, 2.45) is 0 Å². The van der Waals surface area contributed by atoms with Gasteiger partial charge in [-0.2, -0.15) is 0 Å². The van der Waals surface area contributed by atoms with Gasteiger partial charge in [-0.25, -0.2) is 12.7 Å². The lowest BCUT2D eigenvalue weighted by Crippen LogP contribution is -2.36. The van der Waals surface area contributed by atoms with Crippen molar-refractivity contribution in [1.29, 1.82) is 0 Å². The van der Waals surface area contributed by atoms with Gasteiger partial charge in [-0.15, -0.1) is 0 Å². The van der Waals surface area contributed by atoms with Crippen LogP contribution in [0, 0.1) is 0 Å². The van der Waals surface area contributed by atoms with Crippen LogP contribution in [0.4, 0.5) is 0 Å². The second-order valence-electron chi connectivity index (χ2n) is 4.19. The highest BCUT2D eigenvalue weighted by Gasteiger charge is 2.18. The highest BCUT2D eigenvalue weighted by Crippen LogP contribution is 2.07. The molecule has 0 spiro atoms. The van der Waals surface area contributed by atoms with E-state index < -0.39 is 10.0 Å². The summed E-state index contributed by atoms with van der Waals surface area (Å²) in [5.74, 6) is 0.267. The molecule has 0 amide bonds. The molecule has 0 aliphatic carbocycles. The zero-order chi connectivity index (χ0) is 11.3. The molecule has 5 heteroatoms. The predicted octanol–water partition coefficient (Wildman–Crippen LogP) is 0.754. The summed E-state index contributed by atoms with van der Waals surface area (Å²) in [6.07, 6.45) is 3.20. The Morgan fingerprint density at radius 3 is 2.40 bits per heavy atom. The normalized spacial score (nSPS) is 18.9. The summed E-state index contributed by atoms with van der Waals surface area (Å²) < 4.78 is 24.8. The Kier molecular flexibility index (Phi) is 5.02. The van der Waals surface area contributed by atoms with Crippen LogP contribution in [-0.2, 0) is 10.0 Å². The molecule has 0 bridgehead atoms. The van der Waals surface area contributed by atoms with E-state index in [9.17, 15) is 8.42 Å². The lowest BCUT2D eigenvalue weighted by Gasteiger charge is -2.20. The maximum atomic E-state index is 11.6. The van der Waals surface area contributed by atoms with Crippen molar-refractivity contribution >= 4 is 10.0 Å². The minimum absolute atomic E-state index is 0.267. The van der Waals surface area contributed by atoms with E-state index in [2.05, 4.69) is 4.90 Å². The summed E-state index contributed by atoms with van der Waals surface area (Å²) >= 11 is 0. The smallest absolute Gasteiger partial charge is 0.213 e. The van der Waals surface area contributed by atoms with Crippen molar-refractivity contribution in [2.45, 2.75) is 26.2 Å². The third-order valence-electron chi connectivity index (χ3n) is 2.87. The van der Waals surface area contributed by atoms with Crippen molar-refractivity contribution in [3.63, 3.8) is 0 Å². The van der Waals surface area contributed by atoms with Gasteiger partial charge in [0.2, 0.25) is 10.0 Å². The number of likely N-dealkylation sites (tertiary alicyclic amines) is 1. The fraction of sp³-hybridized carbons (Fsp3) is 1.00. The molecule has 4 nitrogen and oxygen atoms in total. The molecule has 1 heterocycles. The van der Waals surface area contributed by atoms with Gasteiger partial charge in [0.1, 0.15) is 0 Å². The van der Waals surface area contributed by atoms with Crippen LogP contribution in [0.5, 0.6) is 0 Å². The highest BCUT2D eigenvalue weighted by atomic mass is 32.2. The van der Waals surface area contributed by atoms with Gasteiger partial charge in [0.05, 0.1) is 5.75 Å². The first-order valence-corrected chi connectivity index (χ1v) is 7.33. The summed E-state index contributed by atoms with van der Waals surface area (Å²) in [5, 5.41) is 0. The molecule has 0 aromatic heterocycles. The maximum absolute atomic E-state index is 11.6. The third-order valence-corrected chi connectivity index (χ3v) is 4.92. The molecule has 1 fully saturated rings. The number of hydrogen-bond donors (Lipinski definition) is 0. The molecule has 1 aliphatic rings. The first kappa shape index (κ1) is 12.9. The Labute approximate surface area is 93.3 Å². The zero-order valence-electron chi connectivity index (χ0n) is 9.78. The summed E-state index contributed by atoms with van der Waals surface area (Å²) in [5.41, 5.74) is 0. The lowest BCUT2D eigenvalue weighted by atomic mass is 10.4. The summed E-state index contributed by atoms with van der Waals surface area (Å²) in [6, 6.07) is 0. The SMILES string of the molecule is CCCS(=O)(=O)N(C)CCN1CCCC1. The summed E-state index contributed by atoms with van der Waals surface area (Å²) in [7, 11) is -1.31. The van der Waals surface area contributed by atoms with E-state index in [0.29, 0.717) is 13.0 Å². The molecule has 1 aliphatic heterocycles. The molecule has 90 valence electrons. The molecule has 0 radical (unpaired) electrons. The standard InChI is InChI=1S/C10H22N2O2S/c1-3-10-15(13,14)11(2)8-9-12-6-4-5-7-12/h3-10H2,1-2H3. The second-order valence-corrected chi connectivity index (χ2v) is 6.38. The van der Waals surface area contributed by atoms with E-state index in [1.54, 1.807) is 7.05 Å². The van der Waals surface area contributed by atoms with Gasteiger partial charge < -0.3 is 4.90 Å². The van der Waals surface area contributed by atoms with Crippen LogP contribution in [0.3, 0.4) is 0 Å². The van der Waals surface area contributed by atoms with Crippen molar-refractivity contribution in [1.82, 2.24) is 9.21 Å².